The Morgan fingerprint density at radius 3 is 2.77 bits per heavy atom. The van der Waals surface area contributed by atoms with E-state index in [1.54, 1.807) is 11.3 Å². The number of aryl methyl sites for hydroxylation is 2. The SMILES string of the molecule is Cc1nc(Nc2cccc(C3CCCN3C(=O)COc3ccc(F)cc3)n2)sc1C. The molecule has 0 aliphatic carbocycles. The van der Waals surface area contributed by atoms with E-state index in [0.717, 1.165) is 29.4 Å². The van der Waals surface area contributed by atoms with Crippen molar-refractivity contribution < 1.29 is 13.9 Å². The highest BCUT2D eigenvalue weighted by atomic mass is 32.1. The first-order chi connectivity index (χ1) is 14.5. The number of pyridine rings is 1. The molecular weight excluding hydrogens is 403 g/mol. The van der Waals surface area contributed by atoms with Gasteiger partial charge in [-0.2, -0.15) is 0 Å². The van der Waals surface area contributed by atoms with Gasteiger partial charge in [0, 0.05) is 11.4 Å². The lowest BCUT2D eigenvalue weighted by Crippen LogP contribution is -2.34. The minimum Gasteiger partial charge on any atom is -0.484 e. The number of amides is 1. The first kappa shape index (κ1) is 20.3. The standard InChI is InChI=1S/C22H23FN4O2S/c1-14-15(2)30-22(24-14)26-20-7-3-5-18(25-20)19-6-4-12-27(19)21(28)13-29-17-10-8-16(23)9-11-17/h3,5,7-11,19H,4,6,12-13H2,1-2H3,(H,24,25,26). The van der Waals surface area contributed by atoms with Crippen LogP contribution in [-0.2, 0) is 4.79 Å². The Morgan fingerprint density at radius 1 is 1.23 bits per heavy atom. The van der Waals surface area contributed by atoms with Gasteiger partial charge < -0.3 is 15.0 Å². The van der Waals surface area contributed by atoms with Crippen molar-refractivity contribution in [2.75, 3.05) is 18.5 Å². The van der Waals surface area contributed by atoms with Crippen molar-refractivity contribution in [3.05, 3.63) is 64.5 Å². The van der Waals surface area contributed by atoms with Crippen LogP contribution in [0.1, 0.15) is 35.1 Å². The lowest BCUT2D eigenvalue weighted by Gasteiger charge is -2.24. The van der Waals surface area contributed by atoms with Gasteiger partial charge in [-0.15, -0.1) is 11.3 Å². The molecule has 0 radical (unpaired) electrons. The van der Waals surface area contributed by atoms with Gasteiger partial charge >= 0.3 is 0 Å². The normalized spacial score (nSPS) is 16.0. The van der Waals surface area contributed by atoms with Gasteiger partial charge in [0.15, 0.2) is 11.7 Å². The van der Waals surface area contributed by atoms with E-state index in [9.17, 15) is 9.18 Å². The number of hydrogen-bond acceptors (Lipinski definition) is 6. The number of carbonyl (C=O) groups is 1. The van der Waals surface area contributed by atoms with Gasteiger partial charge in [0.05, 0.1) is 17.4 Å². The summed E-state index contributed by atoms with van der Waals surface area (Å²) in [4.78, 5) is 25.0. The largest absolute Gasteiger partial charge is 0.484 e. The van der Waals surface area contributed by atoms with E-state index in [4.69, 9.17) is 9.72 Å². The number of halogens is 1. The summed E-state index contributed by atoms with van der Waals surface area (Å²) >= 11 is 1.59. The zero-order valence-electron chi connectivity index (χ0n) is 16.9. The third kappa shape index (κ3) is 4.59. The Kier molecular flexibility index (Phi) is 5.94. The number of hydrogen-bond donors (Lipinski definition) is 1. The highest BCUT2D eigenvalue weighted by Gasteiger charge is 2.31. The molecule has 1 fully saturated rings. The number of nitrogens with zero attached hydrogens (tertiary/aromatic N) is 3. The summed E-state index contributed by atoms with van der Waals surface area (Å²) in [5, 5.41) is 4.07. The predicted molar refractivity (Wildman–Crippen MR) is 115 cm³/mol. The molecular formula is C22H23FN4O2S. The number of benzene rings is 1. The maximum absolute atomic E-state index is 13.0. The molecule has 3 heterocycles. The minimum absolute atomic E-state index is 0.0856. The number of rotatable bonds is 6. The molecule has 1 aliphatic heterocycles. The molecule has 30 heavy (non-hydrogen) atoms. The van der Waals surface area contributed by atoms with Crippen molar-refractivity contribution in [1.29, 1.82) is 0 Å². The smallest absolute Gasteiger partial charge is 0.261 e. The summed E-state index contributed by atoms with van der Waals surface area (Å²) in [6.45, 7) is 4.60. The summed E-state index contributed by atoms with van der Waals surface area (Å²) < 4.78 is 18.6. The third-order valence-corrected chi connectivity index (χ3v) is 6.11. The second kappa shape index (κ2) is 8.79. The first-order valence-corrected chi connectivity index (χ1v) is 10.7. The Bertz CT molecular complexity index is 1020. The fourth-order valence-electron chi connectivity index (χ4n) is 3.47. The first-order valence-electron chi connectivity index (χ1n) is 9.85. The van der Waals surface area contributed by atoms with Crippen molar-refractivity contribution >= 4 is 28.2 Å². The summed E-state index contributed by atoms with van der Waals surface area (Å²) in [5.74, 6) is 0.742. The number of likely N-dealkylation sites (tertiary alicyclic amines) is 1. The molecule has 8 heteroatoms. The van der Waals surface area contributed by atoms with Crippen molar-refractivity contribution in [3.63, 3.8) is 0 Å². The molecule has 0 saturated carbocycles. The average molecular weight is 427 g/mol. The van der Waals surface area contributed by atoms with E-state index in [1.165, 1.54) is 29.1 Å². The predicted octanol–water partition coefficient (Wildman–Crippen LogP) is 4.78. The van der Waals surface area contributed by atoms with Crippen LogP contribution in [0, 0.1) is 19.7 Å². The molecule has 1 amide bonds. The highest BCUT2D eigenvalue weighted by Crippen LogP contribution is 2.32. The van der Waals surface area contributed by atoms with Gasteiger partial charge in [0.2, 0.25) is 0 Å². The molecule has 1 saturated heterocycles. The average Bonchev–Trinajstić information content (AvgIpc) is 3.34. The van der Waals surface area contributed by atoms with Gasteiger partial charge in [-0.3, -0.25) is 4.79 Å². The van der Waals surface area contributed by atoms with Crippen molar-refractivity contribution in [2.45, 2.75) is 32.7 Å². The van der Waals surface area contributed by atoms with Gasteiger partial charge in [-0.1, -0.05) is 6.07 Å². The van der Waals surface area contributed by atoms with Crippen LogP contribution in [0.2, 0.25) is 0 Å². The van der Waals surface area contributed by atoms with Crippen molar-refractivity contribution in [3.8, 4) is 5.75 Å². The minimum atomic E-state index is -0.337. The van der Waals surface area contributed by atoms with Gasteiger partial charge in [-0.05, 0) is 63.1 Å². The van der Waals surface area contributed by atoms with E-state index >= 15 is 0 Å². The van der Waals surface area contributed by atoms with Crippen LogP contribution >= 0.6 is 11.3 Å². The number of thiazole rings is 1. The van der Waals surface area contributed by atoms with E-state index in [1.807, 2.05) is 36.9 Å². The monoisotopic (exact) mass is 426 g/mol. The number of nitrogens with one attached hydrogen (secondary N) is 1. The Balaban J connectivity index is 1.43. The van der Waals surface area contributed by atoms with Crippen molar-refractivity contribution in [1.82, 2.24) is 14.9 Å². The molecule has 1 aliphatic rings. The van der Waals surface area contributed by atoms with E-state index < -0.39 is 0 Å². The molecule has 1 aromatic carbocycles. The highest BCUT2D eigenvalue weighted by molar-refractivity contribution is 7.15. The maximum Gasteiger partial charge on any atom is 0.261 e. The van der Waals surface area contributed by atoms with E-state index in [-0.39, 0.29) is 24.4 Å². The van der Waals surface area contributed by atoms with Crippen LogP contribution in [0.15, 0.2) is 42.5 Å². The number of carbonyl (C=O) groups excluding carboxylic acids is 1. The Labute approximate surface area is 178 Å². The molecule has 4 rings (SSSR count). The zero-order valence-corrected chi connectivity index (χ0v) is 17.7. The third-order valence-electron chi connectivity index (χ3n) is 5.12. The number of aromatic nitrogens is 2. The number of ether oxygens (including phenoxy) is 1. The van der Waals surface area contributed by atoms with Crippen LogP contribution in [0.4, 0.5) is 15.3 Å². The number of anilines is 2. The zero-order chi connectivity index (χ0) is 21.1. The molecule has 1 atom stereocenters. The summed E-state index contributed by atoms with van der Waals surface area (Å²) in [7, 11) is 0. The van der Waals surface area contributed by atoms with E-state index in [0.29, 0.717) is 18.1 Å². The summed E-state index contributed by atoms with van der Waals surface area (Å²) in [6, 6.07) is 11.4. The Morgan fingerprint density at radius 2 is 2.03 bits per heavy atom. The molecule has 0 bridgehead atoms. The lowest BCUT2D eigenvalue weighted by molar-refractivity contribution is -0.134. The van der Waals surface area contributed by atoms with E-state index in [2.05, 4.69) is 10.3 Å². The Hall–Kier alpha value is -3.00. The maximum atomic E-state index is 13.0. The molecule has 3 aromatic rings. The second-order valence-electron chi connectivity index (χ2n) is 7.22. The quantitative estimate of drug-likeness (QED) is 0.614. The van der Waals surface area contributed by atoms with Crippen LogP contribution in [0.3, 0.4) is 0 Å². The molecule has 1 N–H and O–H groups in total. The topological polar surface area (TPSA) is 67.4 Å². The molecule has 6 nitrogen and oxygen atoms in total. The molecule has 1 unspecified atom stereocenters. The van der Waals surface area contributed by atoms with Gasteiger partial charge in [0.25, 0.3) is 5.91 Å². The molecule has 0 spiro atoms. The fourth-order valence-corrected chi connectivity index (χ4v) is 4.30. The second-order valence-corrected chi connectivity index (χ2v) is 8.42. The van der Waals surface area contributed by atoms with Crippen LogP contribution in [0.25, 0.3) is 0 Å². The molecule has 156 valence electrons. The summed E-state index contributed by atoms with van der Waals surface area (Å²) in [5.41, 5.74) is 1.85. The summed E-state index contributed by atoms with van der Waals surface area (Å²) in [6.07, 6.45) is 1.77. The molecule has 2 aromatic heterocycles. The van der Waals surface area contributed by atoms with Crippen LogP contribution in [0.5, 0.6) is 5.75 Å². The van der Waals surface area contributed by atoms with Crippen LogP contribution in [-0.4, -0.2) is 33.9 Å². The lowest BCUT2D eigenvalue weighted by atomic mass is 10.1. The van der Waals surface area contributed by atoms with Gasteiger partial charge in [0.1, 0.15) is 17.4 Å². The van der Waals surface area contributed by atoms with Crippen molar-refractivity contribution in [2.24, 2.45) is 0 Å². The van der Waals surface area contributed by atoms with Gasteiger partial charge in [-0.25, -0.2) is 14.4 Å². The van der Waals surface area contributed by atoms with Crippen LogP contribution < -0.4 is 10.1 Å². The fraction of sp³-hybridized carbons (Fsp3) is 0.318.